The molecule has 0 radical (unpaired) electrons. The van der Waals surface area contributed by atoms with E-state index in [2.05, 4.69) is 15.3 Å². The molecule has 2 N–H and O–H groups in total. The van der Waals surface area contributed by atoms with Gasteiger partial charge in [0.2, 0.25) is 5.82 Å². The zero-order valence-electron chi connectivity index (χ0n) is 10.8. The first-order valence-electron chi connectivity index (χ1n) is 5.99. The molecule has 0 spiro atoms. The maximum Gasteiger partial charge on any atom is 0.305 e. The fourth-order valence-corrected chi connectivity index (χ4v) is 2.16. The van der Waals surface area contributed by atoms with Crippen LogP contribution in [-0.2, 0) is 4.79 Å². The van der Waals surface area contributed by atoms with Crippen LogP contribution in [0, 0.1) is 22.9 Å². The first kappa shape index (κ1) is 13.0. The van der Waals surface area contributed by atoms with Gasteiger partial charge in [0.15, 0.2) is 0 Å². The van der Waals surface area contributed by atoms with Gasteiger partial charge in [0.05, 0.1) is 21.7 Å². The predicted octanol–water partition coefficient (Wildman–Crippen LogP) is 2.26. The third-order valence-electron chi connectivity index (χ3n) is 3.08. The lowest BCUT2D eigenvalue weighted by atomic mass is 10.0. The lowest BCUT2D eigenvalue weighted by molar-refractivity contribution is -0.387. The Labute approximate surface area is 117 Å². The van der Waals surface area contributed by atoms with E-state index < -0.39 is 22.3 Å². The highest BCUT2D eigenvalue weighted by molar-refractivity contribution is 6.35. The Bertz CT molecular complexity index is 810. The number of anilines is 1. The third-order valence-corrected chi connectivity index (χ3v) is 3.08. The molecular formula is C13H9FN4O3. The SMILES string of the molecule is Cc1cnc(C=C2C(=O)Nc3ccc([N+](=O)[O-])c(F)c32)[nH]1. The number of nitro groups is 1. The summed E-state index contributed by atoms with van der Waals surface area (Å²) in [5, 5.41) is 13.3. The van der Waals surface area contributed by atoms with Crippen molar-refractivity contribution in [1.29, 1.82) is 0 Å². The van der Waals surface area contributed by atoms with Crippen molar-refractivity contribution in [3.05, 3.63) is 51.3 Å². The number of nitrogens with zero attached hydrogens (tertiary/aromatic N) is 2. The molecule has 7 nitrogen and oxygen atoms in total. The Kier molecular flexibility index (Phi) is 2.79. The molecule has 0 aliphatic carbocycles. The molecule has 1 aromatic heterocycles. The van der Waals surface area contributed by atoms with Gasteiger partial charge < -0.3 is 10.3 Å². The number of halogens is 1. The number of nitro benzene ring substituents is 1. The number of imidazole rings is 1. The van der Waals surface area contributed by atoms with Crippen molar-refractivity contribution in [3.8, 4) is 0 Å². The van der Waals surface area contributed by atoms with E-state index in [0.29, 0.717) is 5.82 Å². The quantitative estimate of drug-likeness (QED) is 0.502. The molecule has 21 heavy (non-hydrogen) atoms. The Morgan fingerprint density at radius 3 is 2.81 bits per heavy atom. The standard InChI is InChI=1S/C13H9FN4O3/c1-6-5-15-10(16-6)4-7-11-8(17-13(7)19)2-3-9(12(11)14)18(20)21/h2-5H,1H3,(H,15,16)(H,17,19). The van der Waals surface area contributed by atoms with Gasteiger partial charge in [-0.15, -0.1) is 0 Å². The minimum Gasteiger partial charge on any atom is -0.343 e. The van der Waals surface area contributed by atoms with Crippen LogP contribution in [-0.4, -0.2) is 20.8 Å². The van der Waals surface area contributed by atoms with Gasteiger partial charge in [-0.2, -0.15) is 4.39 Å². The average Bonchev–Trinajstić information content (AvgIpc) is 2.95. The van der Waals surface area contributed by atoms with E-state index in [1.54, 1.807) is 13.1 Å². The number of hydrogen-bond donors (Lipinski definition) is 2. The molecule has 0 saturated heterocycles. The van der Waals surface area contributed by atoms with Gasteiger partial charge in [0.1, 0.15) is 5.82 Å². The molecule has 0 saturated carbocycles. The number of benzene rings is 1. The molecule has 0 unspecified atom stereocenters. The van der Waals surface area contributed by atoms with Crippen LogP contribution in [0.2, 0.25) is 0 Å². The highest BCUT2D eigenvalue weighted by atomic mass is 19.1. The second-order valence-electron chi connectivity index (χ2n) is 4.54. The van der Waals surface area contributed by atoms with Gasteiger partial charge in [-0.1, -0.05) is 0 Å². The number of rotatable bonds is 2. The van der Waals surface area contributed by atoms with Crippen LogP contribution >= 0.6 is 0 Å². The van der Waals surface area contributed by atoms with Gasteiger partial charge in [0.25, 0.3) is 5.91 Å². The van der Waals surface area contributed by atoms with E-state index in [4.69, 9.17) is 0 Å². The van der Waals surface area contributed by atoms with Crippen LogP contribution in [0.25, 0.3) is 11.6 Å². The van der Waals surface area contributed by atoms with Crippen molar-refractivity contribution in [3.63, 3.8) is 0 Å². The molecule has 1 amide bonds. The first-order valence-corrected chi connectivity index (χ1v) is 5.99. The zero-order chi connectivity index (χ0) is 15.1. The summed E-state index contributed by atoms with van der Waals surface area (Å²) in [5.74, 6) is -1.19. The lowest BCUT2D eigenvalue weighted by Crippen LogP contribution is -2.03. The number of aryl methyl sites for hydroxylation is 1. The van der Waals surface area contributed by atoms with Crippen LogP contribution < -0.4 is 5.32 Å². The average molecular weight is 288 g/mol. The lowest BCUT2D eigenvalue weighted by Gasteiger charge is -2.01. The number of carbonyl (C=O) groups excluding carboxylic acids is 1. The van der Waals surface area contributed by atoms with Gasteiger partial charge in [-0.25, -0.2) is 4.98 Å². The second-order valence-corrected chi connectivity index (χ2v) is 4.54. The first-order chi connectivity index (χ1) is 9.97. The van der Waals surface area contributed by atoms with Gasteiger partial charge in [-0.05, 0) is 19.1 Å². The molecule has 2 heterocycles. The summed E-state index contributed by atoms with van der Waals surface area (Å²) in [6.07, 6.45) is 2.92. The minimum absolute atomic E-state index is 0.000509. The maximum absolute atomic E-state index is 14.3. The van der Waals surface area contributed by atoms with Crippen molar-refractivity contribution < 1.29 is 14.1 Å². The molecule has 1 aliphatic heterocycles. The topological polar surface area (TPSA) is 101 Å². The van der Waals surface area contributed by atoms with Gasteiger partial charge in [0, 0.05) is 18.0 Å². The highest BCUT2D eigenvalue weighted by Crippen LogP contribution is 2.38. The largest absolute Gasteiger partial charge is 0.343 e. The maximum atomic E-state index is 14.3. The number of aromatic nitrogens is 2. The van der Waals surface area contributed by atoms with E-state index >= 15 is 0 Å². The molecule has 106 valence electrons. The second kappa shape index (κ2) is 4.51. The predicted molar refractivity (Wildman–Crippen MR) is 72.9 cm³/mol. The number of hydrogen-bond acceptors (Lipinski definition) is 4. The van der Waals surface area contributed by atoms with Crippen molar-refractivity contribution >= 4 is 28.9 Å². The highest BCUT2D eigenvalue weighted by Gasteiger charge is 2.32. The summed E-state index contributed by atoms with van der Waals surface area (Å²) < 4.78 is 14.3. The fraction of sp³-hybridized carbons (Fsp3) is 0.0769. The third kappa shape index (κ3) is 2.06. The number of H-pyrrole nitrogens is 1. The molecule has 2 aromatic rings. The zero-order valence-corrected chi connectivity index (χ0v) is 10.8. The molecule has 1 aromatic carbocycles. The van der Waals surface area contributed by atoms with Crippen molar-refractivity contribution in [2.24, 2.45) is 0 Å². The van der Waals surface area contributed by atoms with E-state index in [-0.39, 0.29) is 16.8 Å². The summed E-state index contributed by atoms with van der Waals surface area (Å²) in [6.45, 7) is 1.78. The number of fused-ring (bicyclic) bond motifs is 1. The number of nitrogens with one attached hydrogen (secondary N) is 2. The monoisotopic (exact) mass is 288 g/mol. The van der Waals surface area contributed by atoms with Gasteiger partial charge >= 0.3 is 5.69 Å². The molecule has 0 bridgehead atoms. The van der Waals surface area contributed by atoms with Crippen molar-refractivity contribution in [2.75, 3.05) is 5.32 Å². The Morgan fingerprint density at radius 1 is 1.43 bits per heavy atom. The summed E-state index contributed by atoms with van der Waals surface area (Å²) in [7, 11) is 0. The normalized spacial score (nSPS) is 15.1. The molecule has 8 heteroatoms. The number of amides is 1. The smallest absolute Gasteiger partial charge is 0.305 e. The van der Waals surface area contributed by atoms with Gasteiger partial charge in [-0.3, -0.25) is 14.9 Å². The fourth-order valence-electron chi connectivity index (χ4n) is 2.16. The summed E-state index contributed by atoms with van der Waals surface area (Å²) in [4.78, 5) is 28.8. The van der Waals surface area contributed by atoms with E-state index in [1.165, 1.54) is 12.1 Å². The Balaban J connectivity index is 2.18. The molecular weight excluding hydrogens is 279 g/mol. The van der Waals surface area contributed by atoms with Crippen molar-refractivity contribution in [2.45, 2.75) is 6.92 Å². The minimum atomic E-state index is -1.04. The van der Waals surface area contributed by atoms with Crippen LogP contribution in [0.1, 0.15) is 17.1 Å². The van der Waals surface area contributed by atoms with Crippen LogP contribution in [0.4, 0.5) is 15.8 Å². The van der Waals surface area contributed by atoms with Crippen LogP contribution in [0.3, 0.4) is 0 Å². The summed E-state index contributed by atoms with van der Waals surface area (Å²) >= 11 is 0. The van der Waals surface area contributed by atoms with Crippen LogP contribution in [0.15, 0.2) is 18.3 Å². The van der Waals surface area contributed by atoms with E-state index in [1.807, 2.05) is 0 Å². The summed E-state index contributed by atoms with van der Waals surface area (Å²) in [6, 6.07) is 2.33. The Hall–Kier alpha value is -3.03. The Morgan fingerprint density at radius 2 is 2.19 bits per heavy atom. The number of aromatic amines is 1. The molecule has 3 rings (SSSR count). The van der Waals surface area contributed by atoms with Crippen LogP contribution in [0.5, 0.6) is 0 Å². The molecule has 1 aliphatic rings. The summed E-state index contributed by atoms with van der Waals surface area (Å²) in [5.41, 5.74) is 0.202. The van der Waals surface area contributed by atoms with Crippen molar-refractivity contribution in [1.82, 2.24) is 9.97 Å². The molecule has 0 atom stereocenters. The van der Waals surface area contributed by atoms with E-state index in [9.17, 15) is 19.3 Å². The molecule has 0 fully saturated rings. The van der Waals surface area contributed by atoms with E-state index in [0.717, 1.165) is 11.8 Å². The number of carbonyl (C=O) groups is 1.